The quantitative estimate of drug-likeness (QED) is 0.247. The van der Waals surface area contributed by atoms with Crippen molar-refractivity contribution in [2.24, 2.45) is 0 Å². The molecule has 6 nitrogen and oxygen atoms in total. The van der Waals surface area contributed by atoms with Crippen molar-refractivity contribution >= 4 is 40.9 Å². The number of amides is 1. The molecule has 1 aliphatic rings. The van der Waals surface area contributed by atoms with E-state index >= 15 is 0 Å². The number of hydrogen-bond acceptors (Lipinski definition) is 6. The molecule has 1 aromatic heterocycles. The minimum Gasteiger partial charge on any atom is -0.468 e. The lowest BCUT2D eigenvalue weighted by atomic mass is 9.93. The molecular weight excluding hydrogens is 508 g/mol. The number of hydrogen-bond donors (Lipinski definition) is 1. The first-order valence-electron chi connectivity index (χ1n) is 11.9. The first-order valence-corrected chi connectivity index (χ1v) is 13.0. The van der Waals surface area contributed by atoms with Crippen LogP contribution in [0.15, 0.2) is 79.0 Å². The lowest BCUT2D eigenvalue weighted by molar-refractivity contribution is -0.143. The molecule has 8 heteroatoms. The maximum atomic E-state index is 12.6. The topological polar surface area (TPSA) is 77.5 Å². The van der Waals surface area contributed by atoms with Crippen LogP contribution >= 0.6 is 23.1 Å². The molecule has 1 N–H and O–H groups in total. The van der Waals surface area contributed by atoms with Crippen LogP contribution in [-0.2, 0) is 19.7 Å². The third-order valence-electron chi connectivity index (χ3n) is 6.68. The average molecular weight is 533 g/mol. The standard InChI is InChI=1S/C29H25ClN2O4S/c1-18(23-5-3-4-6-24(23)30)36-28(34)32-25-17-31-37-26(25)21-9-7-19(8-10-21)20-11-13-22(14-12-20)29(15-16-29)27(33)35-2/h3-14,17-18H,15-16H2,1-2H3,(H,32,34)/t18-/m1/s1. The molecule has 1 atom stereocenters. The van der Waals surface area contributed by atoms with Crippen molar-refractivity contribution in [3.63, 3.8) is 0 Å². The van der Waals surface area contributed by atoms with Crippen LogP contribution < -0.4 is 5.32 Å². The van der Waals surface area contributed by atoms with Gasteiger partial charge in [-0.15, -0.1) is 0 Å². The van der Waals surface area contributed by atoms with E-state index in [1.165, 1.54) is 18.6 Å². The number of halogens is 1. The van der Waals surface area contributed by atoms with Crippen molar-refractivity contribution in [3.8, 4) is 21.6 Å². The fraction of sp³-hybridized carbons (Fsp3) is 0.207. The smallest absolute Gasteiger partial charge is 0.412 e. The van der Waals surface area contributed by atoms with Crippen LogP contribution in [0.5, 0.6) is 0 Å². The molecule has 0 unspecified atom stereocenters. The third kappa shape index (κ3) is 5.10. The van der Waals surface area contributed by atoms with E-state index < -0.39 is 17.6 Å². The molecular formula is C29H25ClN2O4S. The summed E-state index contributed by atoms with van der Waals surface area (Å²) in [5.41, 5.74) is 4.87. The van der Waals surface area contributed by atoms with E-state index in [1.807, 2.05) is 66.7 Å². The zero-order valence-corrected chi connectivity index (χ0v) is 21.9. The molecule has 0 aliphatic heterocycles. The van der Waals surface area contributed by atoms with E-state index in [1.54, 1.807) is 19.2 Å². The molecule has 1 amide bonds. The minimum absolute atomic E-state index is 0.166. The van der Waals surface area contributed by atoms with E-state index in [0.29, 0.717) is 10.7 Å². The molecule has 1 heterocycles. The molecule has 0 saturated heterocycles. The maximum Gasteiger partial charge on any atom is 0.412 e. The minimum atomic E-state index is -0.578. The van der Waals surface area contributed by atoms with Crippen LogP contribution in [0.25, 0.3) is 21.6 Å². The van der Waals surface area contributed by atoms with Crippen molar-refractivity contribution in [2.75, 3.05) is 12.4 Å². The Hall–Kier alpha value is -3.68. The Balaban J connectivity index is 1.27. The van der Waals surface area contributed by atoms with Crippen molar-refractivity contribution in [1.29, 1.82) is 0 Å². The molecule has 1 saturated carbocycles. The highest BCUT2D eigenvalue weighted by Crippen LogP contribution is 2.49. The summed E-state index contributed by atoms with van der Waals surface area (Å²) in [5.74, 6) is -0.166. The Morgan fingerprint density at radius 2 is 1.59 bits per heavy atom. The molecule has 3 aromatic carbocycles. The second kappa shape index (κ2) is 10.4. The molecule has 1 fully saturated rings. The van der Waals surface area contributed by atoms with E-state index in [0.717, 1.165) is 45.5 Å². The van der Waals surface area contributed by atoms with Crippen LogP contribution in [0, 0.1) is 0 Å². The first-order chi connectivity index (χ1) is 17.9. The van der Waals surface area contributed by atoms with Crippen LogP contribution in [0.4, 0.5) is 10.5 Å². The van der Waals surface area contributed by atoms with Gasteiger partial charge in [-0.05, 0) is 59.6 Å². The van der Waals surface area contributed by atoms with Gasteiger partial charge >= 0.3 is 12.1 Å². The normalized spacial score (nSPS) is 14.5. The summed E-state index contributed by atoms with van der Waals surface area (Å²) in [5, 5.41) is 3.35. The summed E-state index contributed by atoms with van der Waals surface area (Å²) in [7, 11) is 1.44. The second-order valence-corrected chi connectivity index (χ2v) is 10.2. The van der Waals surface area contributed by atoms with Crippen LogP contribution in [-0.4, -0.2) is 23.5 Å². The van der Waals surface area contributed by atoms with Gasteiger partial charge in [0.05, 0.1) is 29.3 Å². The largest absolute Gasteiger partial charge is 0.468 e. The van der Waals surface area contributed by atoms with Crippen LogP contribution in [0.3, 0.4) is 0 Å². The summed E-state index contributed by atoms with van der Waals surface area (Å²) < 4.78 is 14.8. The van der Waals surface area contributed by atoms with E-state index in [9.17, 15) is 9.59 Å². The van der Waals surface area contributed by atoms with Crippen molar-refractivity contribution in [3.05, 3.63) is 95.1 Å². The molecule has 0 bridgehead atoms. The van der Waals surface area contributed by atoms with Crippen molar-refractivity contribution < 1.29 is 19.1 Å². The van der Waals surface area contributed by atoms with E-state index in [-0.39, 0.29) is 5.97 Å². The number of anilines is 1. The fourth-order valence-electron chi connectivity index (χ4n) is 4.43. The molecule has 0 radical (unpaired) electrons. The lowest BCUT2D eigenvalue weighted by Crippen LogP contribution is -2.21. The molecule has 188 valence electrons. The number of methoxy groups -OCH3 is 1. The van der Waals surface area contributed by atoms with Gasteiger partial charge in [-0.1, -0.05) is 78.3 Å². The van der Waals surface area contributed by atoms with Gasteiger partial charge in [0.1, 0.15) is 6.10 Å². The Morgan fingerprint density at radius 1 is 0.973 bits per heavy atom. The Bertz CT molecular complexity index is 1430. The third-order valence-corrected chi connectivity index (χ3v) is 7.87. The second-order valence-electron chi connectivity index (χ2n) is 8.99. The number of rotatable bonds is 7. The van der Waals surface area contributed by atoms with Crippen LogP contribution in [0.2, 0.25) is 5.02 Å². The number of nitrogens with zero attached hydrogens (tertiary/aromatic N) is 1. The zero-order valence-electron chi connectivity index (χ0n) is 20.4. The number of ether oxygens (including phenoxy) is 2. The predicted octanol–water partition coefficient (Wildman–Crippen LogP) is 7.64. The summed E-state index contributed by atoms with van der Waals surface area (Å²) in [6.07, 6.45) is 2.18. The zero-order chi connectivity index (χ0) is 26.0. The summed E-state index contributed by atoms with van der Waals surface area (Å²) >= 11 is 7.51. The number of carbonyl (C=O) groups excluding carboxylic acids is 2. The SMILES string of the molecule is COC(=O)C1(c2ccc(-c3ccc(-c4sncc4NC(=O)O[C@H](C)c4ccccc4Cl)cc3)cc2)CC1. The van der Waals surface area contributed by atoms with Gasteiger partial charge in [-0.3, -0.25) is 10.1 Å². The highest BCUT2D eigenvalue weighted by Gasteiger charge is 2.52. The summed E-state index contributed by atoms with van der Waals surface area (Å²) in [4.78, 5) is 25.6. The van der Waals surface area contributed by atoms with Gasteiger partial charge in [-0.2, -0.15) is 4.37 Å². The number of carbonyl (C=O) groups is 2. The van der Waals surface area contributed by atoms with Crippen molar-refractivity contribution in [2.45, 2.75) is 31.3 Å². The number of esters is 1. The van der Waals surface area contributed by atoms with E-state index in [2.05, 4.69) is 9.69 Å². The highest BCUT2D eigenvalue weighted by atomic mass is 35.5. The lowest BCUT2D eigenvalue weighted by Gasteiger charge is -2.15. The maximum absolute atomic E-state index is 12.6. The average Bonchev–Trinajstić information content (AvgIpc) is 3.61. The van der Waals surface area contributed by atoms with Gasteiger partial charge in [-0.25, -0.2) is 4.79 Å². The molecule has 1 aliphatic carbocycles. The molecule has 4 aromatic rings. The predicted molar refractivity (Wildman–Crippen MR) is 146 cm³/mol. The fourth-order valence-corrected chi connectivity index (χ4v) is 5.43. The Labute approximate surface area is 224 Å². The van der Waals surface area contributed by atoms with Gasteiger partial charge < -0.3 is 9.47 Å². The van der Waals surface area contributed by atoms with E-state index in [4.69, 9.17) is 21.1 Å². The summed E-state index contributed by atoms with van der Waals surface area (Å²) in [6.45, 7) is 1.78. The first kappa shape index (κ1) is 25.0. The highest BCUT2D eigenvalue weighted by molar-refractivity contribution is 7.10. The number of nitrogens with one attached hydrogen (secondary N) is 1. The summed E-state index contributed by atoms with van der Waals surface area (Å²) in [6, 6.07) is 23.4. The molecule has 5 rings (SSSR count). The number of aromatic nitrogens is 1. The molecule has 0 spiro atoms. The number of benzene rings is 3. The van der Waals surface area contributed by atoms with Gasteiger partial charge in [0.2, 0.25) is 0 Å². The van der Waals surface area contributed by atoms with Crippen LogP contribution in [0.1, 0.15) is 37.0 Å². The Morgan fingerprint density at radius 3 is 2.22 bits per heavy atom. The monoisotopic (exact) mass is 532 g/mol. The van der Waals surface area contributed by atoms with Gasteiger partial charge in [0.15, 0.2) is 0 Å². The van der Waals surface area contributed by atoms with Crippen molar-refractivity contribution in [1.82, 2.24) is 4.37 Å². The Kier molecular flexibility index (Phi) is 7.00. The van der Waals surface area contributed by atoms with Gasteiger partial charge in [0.25, 0.3) is 0 Å². The van der Waals surface area contributed by atoms with Gasteiger partial charge in [0, 0.05) is 10.6 Å². The molecule has 37 heavy (non-hydrogen) atoms.